The molecule has 1 aliphatic heterocycles. The highest BCUT2D eigenvalue weighted by Gasteiger charge is 2.31. The van der Waals surface area contributed by atoms with Crippen molar-refractivity contribution < 1.29 is 19.1 Å². The van der Waals surface area contributed by atoms with Crippen LogP contribution >= 0.6 is 0 Å². The van der Waals surface area contributed by atoms with Crippen LogP contribution in [0.4, 0.5) is 0 Å². The maximum absolute atomic E-state index is 12.3. The minimum Gasteiger partial charge on any atom is -0.496 e. The lowest BCUT2D eigenvalue weighted by Gasteiger charge is -2.35. The van der Waals surface area contributed by atoms with Gasteiger partial charge in [-0.3, -0.25) is 14.5 Å². The number of para-hydroxylation sites is 1. The molecule has 1 unspecified atom stereocenters. The molecule has 1 aliphatic rings. The van der Waals surface area contributed by atoms with E-state index in [0.717, 1.165) is 17.7 Å². The van der Waals surface area contributed by atoms with E-state index in [1.807, 2.05) is 29.2 Å². The summed E-state index contributed by atoms with van der Waals surface area (Å²) in [4.78, 5) is 26.5. The van der Waals surface area contributed by atoms with Gasteiger partial charge in [0, 0.05) is 45.5 Å². The summed E-state index contributed by atoms with van der Waals surface area (Å²) >= 11 is 0. The molecule has 1 aromatic rings. The second-order valence-electron chi connectivity index (χ2n) is 5.99. The van der Waals surface area contributed by atoms with Crippen LogP contribution in [-0.2, 0) is 20.9 Å². The summed E-state index contributed by atoms with van der Waals surface area (Å²) < 4.78 is 10.3. The van der Waals surface area contributed by atoms with Gasteiger partial charge in [0.1, 0.15) is 5.75 Å². The molecule has 0 saturated carbocycles. The third kappa shape index (κ3) is 5.72. The van der Waals surface area contributed by atoms with Gasteiger partial charge in [-0.05, 0) is 12.5 Å². The number of nitrogens with zero attached hydrogens (tertiary/aromatic N) is 1. The summed E-state index contributed by atoms with van der Waals surface area (Å²) in [5, 5.41) is 5.69. The van der Waals surface area contributed by atoms with Crippen LogP contribution in [0.25, 0.3) is 0 Å². The van der Waals surface area contributed by atoms with E-state index >= 15 is 0 Å². The van der Waals surface area contributed by atoms with Crippen LogP contribution in [0.2, 0.25) is 0 Å². The molecular weight excluding hydrogens is 322 g/mol. The van der Waals surface area contributed by atoms with Crippen LogP contribution in [-0.4, -0.2) is 63.2 Å². The first-order valence-electron chi connectivity index (χ1n) is 8.55. The largest absolute Gasteiger partial charge is 0.496 e. The molecule has 0 bridgehead atoms. The van der Waals surface area contributed by atoms with Crippen molar-refractivity contribution in [1.82, 2.24) is 15.5 Å². The van der Waals surface area contributed by atoms with Gasteiger partial charge in [0.2, 0.25) is 11.8 Å². The number of carbonyl (C=O) groups is 2. The summed E-state index contributed by atoms with van der Waals surface area (Å²) in [6, 6.07) is 7.26. The number of rotatable bonds is 9. The summed E-state index contributed by atoms with van der Waals surface area (Å²) in [5.41, 5.74) is 1.00. The zero-order valence-corrected chi connectivity index (χ0v) is 14.9. The molecule has 7 nitrogen and oxygen atoms in total. The Bertz CT molecular complexity index is 579. The third-order valence-corrected chi connectivity index (χ3v) is 4.23. The fourth-order valence-corrected chi connectivity index (χ4v) is 2.92. The molecule has 2 amide bonds. The Morgan fingerprint density at radius 3 is 2.92 bits per heavy atom. The van der Waals surface area contributed by atoms with E-state index in [0.29, 0.717) is 32.8 Å². The van der Waals surface area contributed by atoms with Gasteiger partial charge in [0.25, 0.3) is 0 Å². The molecular formula is C18H27N3O4. The van der Waals surface area contributed by atoms with E-state index in [2.05, 4.69) is 10.6 Å². The average molecular weight is 349 g/mol. The minimum absolute atomic E-state index is 0.104. The third-order valence-electron chi connectivity index (χ3n) is 4.23. The van der Waals surface area contributed by atoms with Gasteiger partial charge in [-0.25, -0.2) is 0 Å². The summed E-state index contributed by atoms with van der Waals surface area (Å²) in [6.07, 6.45) is 0.901. The molecule has 7 heteroatoms. The zero-order valence-electron chi connectivity index (χ0n) is 14.9. The summed E-state index contributed by atoms with van der Waals surface area (Å²) in [6.45, 7) is 3.00. The molecule has 0 aromatic heterocycles. The molecule has 1 saturated heterocycles. The predicted octanol–water partition coefficient (Wildman–Crippen LogP) is 0.538. The molecule has 2 N–H and O–H groups in total. The van der Waals surface area contributed by atoms with Crippen LogP contribution in [0.1, 0.15) is 18.4 Å². The Labute approximate surface area is 148 Å². The summed E-state index contributed by atoms with van der Waals surface area (Å²) in [7, 11) is 3.26. The van der Waals surface area contributed by atoms with Crippen LogP contribution in [0.3, 0.4) is 0 Å². The van der Waals surface area contributed by atoms with Gasteiger partial charge in [0.15, 0.2) is 0 Å². The van der Waals surface area contributed by atoms with Crippen LogP contribution in [0, 0.1) is 0 Å². The van der Waals surface area contributed by atoms with E-state index in [-0.39, 0.29) is 18.2 Å². The van der Waals surface area contributed by atoms with E-state index in [4.69, 9.17) is 9.47 Å². The minimum atomic E-state index is -0.471. The van der Waals surface area contributed by atoms with Crippen molar-refractivity contribution in [3.63, 3.8) is 0 Å². The lowest BCUT2D eigenvalue weighted by atomic mass is 10.1. The monoisotopic (exact) mass is 349 g/mol. The fraction of sp³-hybridized carbons (Fsp3) is 0.556. The normalized spacial score (nSPS) is 17.8. The molecule has 1 atom stereocenters. The highest BCUT2D eigenvalue weighted by atomic mass is 16.5. The Morgan fingerprint density at radius 1 is 1.36 bits per heavy atom. The quantitative estimate of drug-likeness (QED) is 0.636. The van der Waals surface area contributed by atoms with Gasteiger partial charge in [-0.1, -0.05) is 18.2 Å². The Hall–Kier alpha value is -2.12. The van der Waals surface area contributed by atoms with Crippen molar-refractivity contribution in [2.24, 2.45) is 0 Å². The first-order chi connectivity index (χ1) is 12.2. The van der Waals surface area contributed by atoms with Gasteiger partial charge in [0.05, 0.1) is 19.6 Å². The molecule has 25 heavy (non-hydrogen) atoms. The van der Waals surface area contributed by atoms with Gasteiger partial charge >= 0.3 is 0 Å². The van der Waals surface area contributed by atoms with Crippen LogP contribution < -0.4 is 15.4 Å². The maximum Gasteiger partial charge on any atom is 0.237 e. The molecule has 2 rings (SSSR count). The van der Waals surface area contributed by atoms with Crippen molar-refractivity contribution in [3.05, 3.63) is 29.8 Å². The molecule has 0 aliphatic carbocycles. The average Bonchev–Trinajstić information content (AvgIpc) is 2.62. The number of carbonyl (C=O) groups excluding carboxylic acids is 2. The van der Waals surface area contributed by atoms with Gasteiger partial charge in [-0.2, -0.15) is 0 Å². The van der Waals surface area contributed by atoms with Gasteiger partial charge in [-0.15, -0.1) is 0 Å². The Morgan fingerprint density at radius 2 is 2.16 bits per heavy atom. The van der Waals surface area contributed by atoms with Crippen molar-refractivity contribution in [2.75, 3.05) is 40.5 Å². The lowest BCUT2D eigenvalue weighted by molar-refractivity contribution is -0.134. The molecule has 1 aromatic carbocycles. The maximum atomic E-state index is 12.3. The smallest absolute Gasteiger partial charge is 0.237 e. The second-order valence-corrected chi connectivity index (χ2v) is 5.99. The van der Waals surface area contributed by atoms with E-state index in [9.17, 15) is 9.59 Å². The predicted molar refractivity (Wildman–Crippen MR) is 94.3 cm³/mol. The van der Waals surface area contributed by atoms with Gasteiger partial charge < -0.3 is 20.1 Å². The van der Waals surface area contributed by atoms with E-state index in [1.165, 1.54) is 0 Å². The lowest BCUT2D eigenvalue weighted by Crippen LogP contribution is -2.56. The van der Waals surface area contributed by atoms with Crippen LogP contribution in [0.5, 0.6) is 5.75 Å². The number of methoxy groups -OCH3 is 2. The number of hydrogen-bond acceptors (Lipinski definition) is 5. The number of hydrogen-bond donors (Lipinski definition) is 2. The molecule has 138 valence electrons. The summed E-state index contributed by atoms with van der Waals surface area (Å²) in [5.74, 6) is 0.563. The first kappa shape index (κ1) is 19.2. The second kappa shape index (κ2) is 10.0. The number of piperazine rings is 1. The number of benzene rings is 1. The zero-order chi connectivity index (χ0) is 18.1. The molecule has 1 fully saturated rings. The fourth-order valence-electron chi connectivity index (χ4n) is 2.92. The number of nitrogens with one attached hydrogen (secondary N) is 2. The van der Waals surface area contributed by atoms with Crippen LogP contribution in [0.15, 0.2) is 24.3 Å². The standard InChI is InChI=1S/C18H27N3O4/c1-24-11-5-8-19-17(22)12-15-18(23)20-9-10-21(15)13-14-6-3-4-7-16(14)25-2/h3-4,6-7,15H,5,8-13H2,1-2H3,(H,19,22)(H,20,23). The highest BCUT2D eigenvalue weighted by molar-refractivity contribution is 5.88. The molecule has 0 radical (unpaired) electrons. The van der Waals surface area contributed by atoms with Crippen molar-refractivity contribution in [3.8, 4) is 5.75 Å². The van der Waals surface area contributed by atoms with E-state index < -0.39 is 6.04 Å². The van der Waals surface area contributed by atoms with Crippen molar-refractivity contribution in [1.29, 1.82) is 0 Å². The Kier molecular flexibility index (Phi) is 7.69. The highest BCUT2D eigenvalue weighted by Crippen LogP contribution is 2.21. The Balaban J connectivity index is 1.98. The van der Waals surface area contributed by atoms with E-state index in [1.54, 1.807) is 14.2 Å². The molecule has 1 heterocycles. The first-order valence-corrected chi connectivity index (χ1v) is 8.55. The number of ether oxygens (including phenoxy) is 2. The SMILES string of the molecule is COCCCNC(=O)CC1C(=O)NCCN1Cc1ccccc1OC. The topological polar surface area (TPSA) is 79.9 Å². The van der Waals surface area contributed by atoms with Crippen molar-refractivity contribution >= 4 is 11.8 Å². The number of amides is 2. The molecule has 0 spiro atoms. The van der Waals surface area contributed by atoms with Crippen molar-refractivity contribution in [2.45, 2.75) is 25.4 Å².